The van der Waals surface area contributed by atoms with Gasteiger partial charge in [-0.05, 0) is 81.9 Å². The molecule has 0 aliphatic rings. The van der Waals surface area contributed by atoms with Crippen LogP contribution in [0.1, 0.15) is 52.4 Å². The number of hydrogen-bond acceptors (Lipinski definition) is 6. The lowest BCUT2D eigenvalue weighted by molar-refractivity contribution is 0.0973. The van der Waals surface area contributed by atoms with Crippen molar-refractivity contribution in [2.24, 2.45) is 0 Å². The zero-order valence-corrected chi connectivity index (χ0v) is 28.5. The number of fused-ring (bicyclic) bond motifs is 4. The first-order valence-corrected chi connectivity index (χ1v) is 17.1. The standard InChI is InChI=1S/C40H36Cl2O6/c1-3-5-11-21-45-39(43)47-37-29-15-9-7-13-27(29)35(33-23-25(41)17-19-31(33)37)36-28-14-8-10-16-30(28)38(32-20-18-26(42)24-34(32)36)48-40(44)46-22-12-6-4-2/h7-10,13-20,23-24H,3-6,11-12,21-22H2,1-2H3. The quantitative estimate of drug-likeness (QED) is 0.0586. The highest BCUT2D eigenvalue weighted by Crippen LogP contribution is 2.50. The fourth-order valence-corrected chi connectivity index (χ4v) is 6.56. The zero-order chi connectivity index (χ0) is 33.6. The molecule has 0 N–H and O–H groups in total. The van der Waals surface area contributed by atoms with Gasteiger partial charge in [0.15, 0.2) is 0 Å². The number of unbranched alkanes of at least 4 members (excludes halogenated alkanes) is 4. The Hall–Kier alpha value is -4.52. The molecule has 0 bridgehead atoms. The first-order chi connectivity index (χ1) is 23.4. The normalized spacial score (nSPS) is 11.3. The van der Waals surface area contributed by atoms with Crippen LogP contribution >= 0.6 is 23.2 Å². The highest BCUT2D eigenvalue weighted by molar-refractivity contribution is 6.34. The molecule has 0 heterocycles. The van der Waals surface area contributed by atoms with Crippen LogP contribution in [0.4, 0.5) is 9.59 Å². The van der Waals surface area contributed by atoms with E-state index in [9.17, 15) is 9.59 Å². The summed E-state index contributed by atoms with van der Waals surface area (Å²) in [5.41, 5.74) is 1.73. The Morgan fingerprint density at radius 1 is 0.500 bits per heavy atom. The lowest BCUT2D eigenvalue weighted by Crippen LogP contribution is -2.12. The monoisotopic (exact) mass is 682 g/mol. The van der Waals surface area contributed by atoms with Gasteiger partial charge in [0.2, 0.25) is 0 Å². The van der Waals surface area contributed by atoms with Gasteiger partial charge < -0.3 is 18.9 Å². The van der Waals surface area contributed by atoms with Crippen molar-refractivity contribution in [2.75, 3.05) is 13.2 Å². The van der Waals surface area contributed by atoms with Crippen molar-refractivity contribution < 1.29 is 28.5 Å². The molecule has 0 amide bonds. The smallest absolute Gasteiger partial charge is 0.434 e. The number of halogens is 2. The zero-order valence-electron chi connectivity index (χ0n) is 26.9. The Labute approximate surface area is 289 Å². The molecule has 0 unspecified atom stereocenters. The van der Waals surface area contributed by atoms with Gasteiger partial charge in [-0.15, -0.1) is 0 Å². The van der Waals surface area contributed by atoms with Crippen LogP contribution in [0.3, 0.4) is 0 Å². The van der Waals surface area contributed by atoms with Crippen LogP contribution in [-0.4, -0.2) is 25.5 Å². The van der Waals surface area contributed by atoms with E-state index in [1.807, 2.05) is 72.8 Å². The topological polar surface area (TPSA) is 71.1 Å². The van der Waals surface area contributed by atoms with E-state index >= 15 is 0 Å². The van der Waals surface area contributed by atoms with Gasteiger partial charge in [-0.1, -0.05) is 111 Å². The molecule has 246 valence electrons. The molecule has 0 saturated carbocycles. The van der Waals surface area contributed by atoms with E-state index in [0.717, 1.165) is 82.0 Å². The van der Waals surface area contributed by atoms with E-state index in [2.05, 4.69) is 13.8 Å². The van der Waals surface area contributed by atoms with Crippen LogP contribution in [0.15, 0.2) is 84.9 Å². The second-order valence-electron chi connectivity index (χ2n) is 11.7. The molecule has 0 radical (unpaired) electrons. The van der Waals surface area contributed by atoms with Crippen LogP contribution in [0.2, 0.25) is 10.0 Å². The molecule has 0 fully saturated rings. The van der Waals surface area contributed by atoms with Crippen molar-refractivity contribution in [2.45, 2.75) is 52.4 Å². The summed E-state index contributed by atoms with van der Waals surface area (Å²) in [6.45, 7) is 4.75. The maximum atomic E-state index is 13.0. The third-order valence-electron chi connectivity index (χ3n) is 8.43. The summed E-state index contributed by atoms with van der Waals surface area (Å²) < 4.78 is 22.8. The molecular weight excluding hydrogens is 647 g/mol. The van der Waals surface area contributed by atoms with Crippen molar-refractivity contribution in [1.82, 2.24) is 0 Å². The molecule has 0 aliphatic carbocycles. The minimum absolute atomic E-state index is 0.284. The number of hydrogen-bond donors (Lipinski definition) is 0. The fourth-order valence-electron chi connectivity index (χ4n) is 6.22. The minimum Gasteiger partial charge on any atom is -0.434 e. The Morgan fingerprint density at radius 3 is 1.27 bits per heavy atom. The molecule has 6 rings (SSSR count). The van der Waals surface area contributed by atoms with E-state index < -0.39 is 12.3 Å². The van der Waals surface area contributed by atoms with Crippen molar-refractivity contribution in [3.05, 3.63) is 95.0 Å². The Kier molecular flexibility index (Phi) is 10.5. The van der Waals surface area contributed by atoms with E-state index in [1.54, 1.807) is 12.1 Å². The van der Waals surface area contributed by atoms with Crippen LogP contribution in [0.25, 0.3) is 54.2 Å². The van der Waals surface area contributed by atoms with Gasteiger partial charge in [0.25, 0.3) is 0 Å². The van der Waals surface area contributed by atoms with Gasteiger partial charge in [-0.25, -0.2) is 9.59 Å². The van der Waals surface area contributed by atoms with Gasteiger partial charge in [0.05, 0.1) is 13.2 Å². The molecule has 0 aromatic heterocycles. The third kappa shape index (κ3) is 6.87. The maximum absolute atomic E-state index is 13.0. The van der Waals surface area contributed by atoms with Crippen LogP contribution in [-0.2, 0) is 9.47 Å². The van der Waals surface area contributed by atoms with Crippen LogP contribution in [0.5, 0.6) is 11.5 Å². The summed E-state index contributed by atoms with van der Waals surface area (Å²) in [7, 11) is 0. The summed E-state index contributed by atoms with van der Waals surface area (Å²) in [5, 5.41) is 7.06. The van der Waals surface area contributed by atoms with Crippen LogP contribution in [0, 0.1) is 0 Å². The van der Waals surface area contributed by atoms with Gasteiger partial charge in [0, 0.05) is 31.6 Å². The molecule has 6 aromatic carbocycles. The van der Waals surface area contributed by atoms with Gasteiger partial charge in [-0.3, -0.25) is 0 Å². The molecule has 6 aromatic rings. The highest BCUT2D eigenvalue weighted by atomic mass is 35.5. The Morgan fingerprint density at radius 2 is 0.875 bits per heavy atom. The SMILES string of the molecule is CCCCCOC(=O)Oc1c2ccccc2c(-c2c3ccccc3c(OC(=O)OCCCCC)c3ccc(Cl)cc23)c2cc(Cl)ccc12. The number of carbonyl (C=O) groups is 2. The van der Waals surface area contributed by atoms with Gasteiger partial charge >= 0.3 is 12.3 Å². The van der Waals surface area contributed by atoms with Gasteiger partial charge in [0.1, 0.15) is 11.5 Å². The predicted molar refractivity (Wildman–Crippen MR) is 195 cm³/mol. The number of rotatable bonds is 11. The Balaban J connectivity index is 1.61. The van der Waals surface area contributed by atoms with E-state index in [4.69, 9.17) is 42.1 Å². The molecule has 0 spiro atoms. The minimum atomic E-state index is -0.758. The van der Waals surface area contributed by atoms with Crippen molar-refractivity contribution >= 4 is 78.6 Å². The lowest BCUT2D eigenvalue weighted by Gasteiger charge is -2.21. The summed E-state index contributed by atoms with van der Waals surface area (Å²) >= 11 is 13.3. The second-order valence-corrected chi connectivity index (χ2v) is 12.6. The molecule has 48 heavy (non-hydrogen) atoms. The van der Waals surface area contributed by atoms with E-state index in [-0.39, 0.29) is 13.2 Å². The van der Waals surface area contributed by atoms with E-state index in [1.165, 1.54) is 0 Å². The van der Waals surface area contributed by atoms with Crippen molar-refractivity contribution in [1.29, 1.82) is 0 Å². The van der Waals surface area contributed by atoms with Crippen LogP contribution < -0.4 is 9.47 Å². The summed E-state index contributed by atoms with van der Waals surface area (Å²) in [6, 6.07) is 26.6. The highest BCUT2D eigenvalue weighted by Gasteiger charge is 2.25. The lowest BCUT2D eigenvalue weighted by atomic mass is 9.85. The van der Waals surface area contributed by atoms with E-state index in [0.29, 0.717) is 32.3 Å². The number of ether oxygens (including phenoxy) is 4. The second kappa shape index (κ2) is 15.1. The van der Waals surface area contributed by atoms with Gasteiger partial charge in [-0.2, -0.15) is 0 Å². The maximum Gasteiger partial charge on any atom is 0.513 e. The molecule has 0 aliphatic heterocycles. The number of carbonyl (C=O) groups excluding carboxylic acids is 2. The predicted octanol–water partition coefficient (Wildman–Crippen LogP) is 12.7. The molecule has 0 saturated heterocycles. The average Bonchev–Trinajstić information content (AvgIpc) is 3.09. The third-order valence-corrected chi connectivity index (χ3v) is 8.90. The fraction of sp³-hybridized carbons (Fsp3) is 0.250. The first kappa shape index (κ1) is 33.4. The molecular formula is C40H36Cl2O6. The molecule has 6 nitrogen and oxygen atoms in total. The number of benzene rings is 6. The summed E-state index contributed by atoms with van der Waals surface area (Å²) in [4.78, 5) is 25.9. The summed E-state index contributed by atoms with van der Waals surface area (Å²) in [6.07, 6.45) is 3.96. The Bertz CT molecular complexity index is 1990. The first-order valence-electron chi connectivity index (χ1n) is 16.4. The molecule has 8 heteroatoms. The van der Waals surface area contributed by atoms with Crippen molar-refractivity contribution in [3.8, 4) is 22.6 Å². The van der Waals surface area contributed by atoms with Crippen molar-refractivity contribution in [3.63, 3.8) is 0 Å². The molecule has 0 atom stereocenters. The summed E-state index contributed by atoms with van der Waals surface area (Å²) in [5.74, 6) is 0.776. The average molecular weight is 684 g/mol. The largest absolute Gasteiger partial charge is 0.513 e.